The molecular weight excluding hydrogens is 604 g/mol. The Hall–Kier alpha value is -5.37. The van der Waals surface area contributed by atoms with Gasteiger partial charge in [0.15, 0.2) is 0 Å². The first-order valence-electron chi connectivity index (χ1n) is 16.3. The molecule has 0 aromatic heterocycles. The van der Waals surface area contributed by atoms with E-state index in [0.717, 1.165) is 28.5 Å². The van der Waals surface area contributed by atoms with Gasteiger partial charge in [-0.1, -0.05) is 66.7 Å². The second-order valence-electron chi connectivity index (χ2n) is 12.9. The Kier molecular flexibility index (Phi) is 11.3. The van der Waals surface area contributed by atoms with E-state index in [1.54, 1.807) is 24.3 Å². The summed E-state index contributed by atoms with van der Waals surface area (Å²) in [5, 5.41) is 5.91. The number of anilines is 1. The largest absolute Gasteiger partial charge is 0.457 e. The van der Waals surface area contributed by atoms with Gasteiger partial charge in [0.25, 0.3) is 0 Å². The number of alkyl carbamates (subject to hydrolysis) is 1. The molecule has 1 aliphatic rings. The smallest absolute Gasteiger partial charge is 0.411 e. The number of nitrogens with one attached hydrogen (secondary N) is 2. The summed E-state index contributed by atoms with van der Waals surface area (Å²) in [5.74, 6) is 1.38. The van der Waals surface area contributed by atoms with Crippen molar-refractivity contribution in [1.29, 1.82) is 0 Å². The molecule has 248 valence electrons. The van der Waals surface area contributed by atoms with Crippen LogP contribution in [0.1, 0.15) is 67.9 Å². The highest BCUT2D eigenvalue weighted by molar-refractivity contribution is 5.92. The zero-order valence-corrected chi connectivity index (χ0v) is 27.6. The maximum Gasteiger partial charge on any atom is 0.411 e. The van der Waals surface area contributed by atoms with Gasteiger partial charge < -0.3 is 19.5 Å². The van der Waals surface area contributed by atoms with Crippen LogP contribution in [0.25, 0.3) is 17.2 Å². The highest BCUT2D eigenvalue weighted by Crippen LogP contribution is 2.31. The maximum atomic E-state index is 13.1. The molecule has 2 amide bonds. The van der Waals surface area contributed by atoms with Crippen molar-refractivity contribution >= 4 is 30.2 Å². The number of benzene rings is 4. The number of amides is 2. The molecule has 0 aliphatic heterocycles. The van der Waals surface area contributed by atoms with Crippen molar-refractivity contribution in [3.05, 3.63) is 120 Å². The van der Waals surface area contributed by atoms with Crippen molar-refractivity contribution in [2.75, 3.05) is 5.32 Å². The lowest BCUT2D eigenvalue weighted by molar-refractivity contribution is 0.0440. The fourth-order valence-electron chi connectivity index (χ4n) is 5.50. The Morgan fingerprint density at radius 1 is 0.792 bits per heavy atom. The van der Waals surface area contributed by atoms with Gasteiger partial charge >= 0.3 is 12.2 Å². The summed E-state index contributed by atoms with van der Waals surface area (Å²) in [5.41, 5.74) is 4.66. The Morgan fingerprint density at radius 3 is 2.08 bits per heavy atom. The predicted octanol–water partition coefficient (Wildman–Crippen LogP) is 9.60. The Bertz CT molecular complexity index is 1700. The number of rotatable bonds is 10. The zero-order chi connectivity index (χ0) is 33.9. The number of aldehydes is 1. The molecule has 1 fully saturated rings. The molecular formula is C40H42N2O6. The SMILES string of the molecule is CC(C)(C)OC(=O)N[C@H]1CC[C@H](OC(=O)Nc2cc(C=CCc3ccc(Oc4ccc(C=O)cc4)cc3)ccc2-c2ccccc2)CC1. The molecule has 0 saturated heterocycles. The lowest BCUT2D eigenvalue weighted by Gasteiger charge is -2.30. The molecule has 0 bridgehead atoms. The normalized spacial score (nSPS) is 16.1. The van der Waals surface area contributed by atoms with Crippen molar-refractivity contribution in [3.8, 4) is 22.6 Å². The van der Waals surface area contributed by atoms with E-state index in [1.165, 1.54) is 0 Å². The molecule has 0 unspecified atom stereocenters. The summed E-state index contributed by atoms with van der Waals surface area (Å²) < 4.78 is 17.1. The van der Waals surface area contributed by atoms with Crippen molar-refractivity contribution in [2.24, 2.45) is 0 Å². The van der Waals surface area contributed by atoms with Crippen LogP contribution in [0.4, 0.5) is 15.3 Å². The highest BCUT2D eigenvalue weighted by Gasteiger charge is 2.27. The van der Waals surface area contributed by atoms with Gasteiger partial charge in [-0.05, 0) is 112 Å². The first-order valence-corrected chi connectivity index (χ1v) is 16.3. The molecule has 8 heteroatoms. The average molecular weight is 647 g/mol. The number of carbonyl (C=O) groups is 3. The summed E-state index contributed by atoms with van der Waals surface area (Å²) in [4.78, 5) is 36.1. The van der Waals surface area contributed by atoms with E-state index in [-0.39, 0.29) is 12.1 Å². The van der Waals surface area contributed by atoms with Crippen LogP contribution in [0.3, 0.4) is 0 Å². The zero-order valence-electron chi connectivity index (χ0n) is 27.6. The maximum absolute atomic E-state index is 13.1. The fourth-order valence-corrected chi connectivity index (χ4v) is 5.50. The molecule has 1 aliphatic carbocycles. The van der Waals surface area contributed by atoms with Gasteiger partial charge in [0.1, 0.15) is 29.5 Å². The number of hydrogen-bond donors (Lipinski definition) is 2. The van der Waals surface area contributed by atoms with Crippen LogP contribution < -0.4 is 15.4 Å². The van der Waals surface area contributed by atoms with E-state index in [4.69, 9.17) is 14.2 Å². The topological polar surface area (TPSA) is 103 Å². The van der Waals surface area contributed by atoms with Crippen LogP contribution in [0.2, 0.25) is 0 Å². The molecule has 2 N–H and O–H groups in total. The van der Waals surface area contributed by atoms with E-state index < -0.39 is 17.8 Å². The number of carbonyl (C=O) groups excluding carboxylic acids is 3. The van der Waals surface area contributed by atoms with Gasteiger partial charge in [-0.15, -0.1) is 0 Å². The van der Waals surface area contributed by atoms with E-state index in [2.05, 4.69) is 16.7 Å². The molecule has 0 radical (unpaired) electrons. The van der Waals surface area contributed by atoms with Crippen LogP contribution in [-0.4, -0.2) is 36.2 Å². The van der Waals surface area contributed by atoms with E-state index in [0.29, 0.717) is 54.9 Å². The Morgan fingerprint density at radius 2 is 1.44 bits per heavy atom. The molecule has 48 heavy (non-hydrogen) atoms. The fraction of sp³-hybridized carbons (Fsp3) is 0.275. The third kappa shape index (κ3) is 10.3. The standard InChI is InChI=1S/C40H42N2O6/c1-40(2,3)48-39(45)41-32-17-23-35(24-18-32)47-38(44)42-37-26-29(16-25-36(37)31-10-5-4-6-11-31)9-7-8-28-12-19-33(20-13-28)46-34-21-14-30(27-43)15-22-34/h4-7,9-16,19-22,25-27,32,35H,8,17-18,23-24H2,1-3H3,(H,41,45)(H,42,44)/t32-,35-. The molecule has 0 heterocycles. The molecule has 4 aromatic carbocycles. The van der Waals surface area contributed by atoms with E-state index in [9.17, 15) is 14.4 Å². The lowest BCUT2D eigenvalue weighted by Crippen LogP contribution is -2.42. The monoisotopic (exact) mass is 646 g/mol. The van der Waals surface area contributed by atoms with Crippen molar-refractivity contribution in [2.45, 2.75) is 70.6 Å². The van der Waals surface area contributed by atoms with Crippen LogP contribution in [0, 0.1) is 0 Å². The summed E-state index contributed by atoms with van der Waals surface area (Å²) in [6.07, 6.45) is 7.20. The van der Waals surface area contributed by atoms with Crippen LogP contribution in [0.5, 0.6) is 11.5 Å². The minimum absolute atomic E-state index is 0.00442. The second kappa shape index (κ2) is 16.0. The molecule has 5 rings (SSSR count). The third-order valence-electron chi connectivity index (χ3n) is 7.87. The molecule has 8 nitrogen and oxygen atoms in total. The lowest BCUT2D eigenvalue weighted by atomic mass is 9.93. The minimum Gasteiger partial charge on any atom is -0.457 e. The van der Waals surface area contributed by atoms with Crippen molar-refractivity contribution < 1.29 is 28.6 Å². The summed E-state index contributed by atoms with van der Waals surface area (Å²) in [6.45, 7) is 5.51. The first-order chi connectivity index (χ1) is 23.1. The average Bonchev–Trinajstić information content (AvgIpc) is 3.06. The molecule has 0 spiro atoms. The first kappa shape index (κ1) is 34.0. The minimum atomic E-state index is -0.550. The Labute approximate surface area is 282 Å². The number of allylic oxidation sites excluding steroid dienone is 1. The van der Waals surface area contributed by atoms with E-state index in [1.807, 2.05) is 99.6 Å². The van der Waals surface area contributed by atoms with Crippen LogP contribution in [0.15, 0.2) is 103 Å². The van der Waals surface area contributed by atoms with Crippen LogP contribution >= 0.6 is 0 Å². The summed E-state index contributed by atoms with van der Waals surface area (Å²) >= 11 is 0. The van der Waals surface area contributed by atoms with Gasteiger partial charge in [-0.25, -0.2) is 9.59 Å². The summed E-state index contributed by atoms with van der Waals surface area (Å²) in [6, 6.07) is 30.7. The highest BCUT2D eigenvalue weighted by atomic mass is 16.6. The second-order valence-corrected chi connectivity index (χ2v) is 12.9. The quantitative estimate of drug-likeness (QED) is 0.166. The van der Waals surface area contributed by atoms with Crippen molar-refractivity contribution in [1.82, 2.24) is 5.32 Å². The summed E-state index contributed by atoms with van der Waals surface area (Å²) in [7, 11) is 0. The predicted molar refractivity (Wildman–Crippen MR) is 188 cm³/mol. The molecule has 1 saturated carbocycles. The van der Waals surface area contributed by atoms with Gasteiger partial charge in [0.05, 0.1) is 5.69 Å². The number of ether oxygens (including phenoxy) is 3. The van der Waals surface area contributed by atoms with Gasteiger partial charge in [0, 0.05) is 17.2 Å². The van der Waals surface area contributed by atoms with E-state index >= 15 is 0 Å². The van der Waals surface area contributed by atoms with Gasteiger partial charge in [-0.2, -0.15) is 0 Å². The van der Waals surface area contributed by atoms with Gasteiger partial charge in [0.2, 0.25) is 0 Å². The Balaban J connectivity index is 1.18. The van der Waals surface area contributed by atoms with Crippen LogP contribution in [-0.2, 0) is 15.9 Å². The van der Waals surface area contributed by atoms with Crippen molar-refractivity contribution in [3.63, 3.8) is 0 Å². The molecule has 4 aromatic rings. The van der Waals surface area contributed by atoms with Gasteiger partial charge in [-0.3, -0.25) is 10.1 Å². The molecule has 0 atom stereocenters. The third-order valence-corrected chi connectivity index (χ3v) is 7.87. The number of hydrogen-bond acceptors (Lipinski definition) is 6.